The third-order valence-electron chi connectivity index (χ3n) is 3.73. The number of furan rings is 1. The van der Waals surface area contributed by atoms with E-state index in [9.17, 15) is 13.5 Å². The minimum absolute atomic E-state index is 0.0871. The zero-order chi connectivity index (χ0) is 23.4. The number of benzene rings is 1. The SMILES string of the molecule is CC.CCNc1cccc(S(=O)(=O)N(C)C)c1O.Cc1ccc(CNc2cnsn2)o1. The highest BCUT2D eigenvalue weighted by Gasteiger charge is 2.22. The third kappa shape index (κ3) is 7.85. The molecule has 0 bridgehead atoms. The number of aryl methyl sites for hydroxylation is 1. The van der Waals surface area contributed by atoms with Crippen LogP contribution in [0.2, 0.25) is 0 Å². The maximum Gasteiger partial charge on any atom is 0.246 e. The highest BCUT2D eigenvalue weighted by molar-refractivity contribution is 7.89. The van der Waals surface area contributed by atoms with Crippen molar-refractivity contribution in [3.8, 4) is 5.75 Å². The van der Waals surface area contributed by atoms with Gasteiger partial charge in [-0.3, -0.25) is 0 Å². The summed E-state index contributed by atoms with van der Waals surface area (Å²) in [5, 5.41) is 15.8. The summed E-state index contributed by atoms with van der Waals surface area (Å²) in [6.07, 6.45) is 1.69. The molecule has 2 heterocycles. The normalized spacial score (nSPS) is 10.5. The molecule has 0 aliphatic rings. The van der Waals surface area contributed by atoms with Crippen LogP contribution < -0.4 is 10.6 Å². The van der Waals surface area contributed by atoms with Crippen molar-refractivity contribution in [2.45, 2.75) is 39.1 Å². The number of nitrogens with zero attached hydrogens (tertiary/aromatic N) is 3. The van der Waals surface area contributed by atoms with Gasteiger partial charge >= 0.3 is 0 Å². The van der Waals surface area contributed by atoms with Gasteiger partial charge in [0, 0.05) is 20.6 Å². The summed E-state index contributed by atoms with van der Waals surface area (Å²) < 4.78 is 38.0. The molecule has 11 heteroatoms. The molecule has 0 atom stereocenters. The number of phenols is 1. The molecule has 0 spiro atoms. The molecule has 9 nitrogen and oxygen atoms in total. The van der Waals surface area contributed by atoms with Crippen molar-refractivity contribution in [2.75, 3.05) is 31.3 Å². The second-order valence-electron chi connectivity index (χ2n) is 6.13. The average Bonchev–Trinajstić information content (AvgIpc) is 3.41. The Morgan fingerprint density at radius 1 is 1.16 bits per heavy atom. The highest BCUT2D eigenvalue weighted by atomic mass is 32.2. The maximum atomic E-state index is 11.8. The van der Waals surface area contributed by atoms with E-state index < -0.39 is 10.0 Å². The minimum Gasteiger partial charge on any atom is -0.504 e. The Hall–Kier alpha value is -2.63. The van der Waals surface area contributed by atoms with Gasteiger partial charge in [0.2, 0.25) is 10.0 Å². The van der Waals surface area contributed by atoms with Gasteiger partial charge in [0.25, 0.3) is 0 Å². The topological polar surface area (TPSA) is 121 Å². The van der Waals surface area contributed by atoms with Crippen LogP contribution in [0.4, 0.5) is 11.5 Å². The van der Waals surface area contributed by atoms with E-state index >= 15 is 0 Å². The molecule has 0 aliphatic heterocycles. The lowest BCUT2D eigenvalue weighted by atomic mass is 10.3. The van der Waals surface area contributed by atoms with E-state index in [2.05, 4.69) is 19.4 Å². The summed E-state index contributed by atoms with van der Waals surface area (Å²) in [5.74, 6) is 2.39. The van der Waals surface area contributed by atoms with E-state index in [1.807, 2.05) is 39.8 Å². The van der Waals surface area contributed by atoms with Gasteiger partial charge in [-0.15, -0.1) is 0 Å². The van der Waals surface area contributed by atoms with Gasteiger partial charge < -0.3 is 20.2 Å². The van der Waals surface area contributed by atoms with Gasteiger partial charge in [0.1, 0.15) is 16.4 Å². The summed E-state index contributed by atoms with van der Waals surface area (Å²) >= 11 is 1.19. The van der Waals surface area contributed by atoms with E-state index in [-0.39, 0.29) is 10.6 Å². The molecule has 0 unspecified atom stereocenters. The van der Waals surface area contributed by atoms with Gasteiger partial charge in [-0.2, -0.15) is 8.75 Å². The fraction of sp³-hybridized carbons (Fsp3) is 0.400. The molecular formula is C20H31N5O4S2. The van der Waals surface area contributed by atoms with Gasteiger partial charge in [-0.25, -0.2) is 12.7 Å². The quantitative estimate of drug-likeness (QED) is 0.441. The summed E-state index contributed by atoms with van der Waals surface area (Å²) in [6.45, 7) is 9.05. The number of anilines is 2. The zero-order valence-corrected chi connectivity index (χ0v) is 20.3. The van der Waals surface area contributed by atoms with Crippen molar-refractivity contribution in [1.29, 1.82) is 0 Å². The smallest absolute Gasteiger partial charge is 0.246 e. The minimum atomic E-state index is -3.61. The maximum absolute atomic E-state index is 11.8. The van der Waals surface area contributed by atoms with E-state index in [0.29, 0.717) is 18.8 Å². The van der Waals surface area contributed by atoms with E-state index in [1.54, 1.807) is 18.3 Å². The molecule has 0 saturated carbocycles. The summed E-state index contributed by atoms with van der Waals surface area (Å²) in [4.78, 5) is -0.0871. The van der Waals surface area contributed by atoms with Crippen LogP contribution in [0.5, 0.6) is 5.75 Å². The third-order valence-corrected chi connectivity index (χ3v) is 6.05. The predicted molar refractivity (Wildman–Crippen MR) is 125 cm³/mol. The van der Waals surface area contributed by atoms with Crippen molar-refractivity contribution < 1.29 is 17.9 Å². The largest absolute Gasteiger partial charge is 0.504 e. The summed E-state index contributed by atoms with van der Waals surface area (Å²) in [5.41, 5.74) is 0.422. The first-order valence-electron chi connectivity index (χ1n) is 9.80. The Morgan fingerprint density at radius 3 is 2.39 bits per heavy atom. The molecule has 172 valence electrons. The molecule has 0 fully saturated rings. The molecule has 2 aromatic heterocycles. The molecule has 31 heavy (non-hydrogen) atoms. The second-order valence-corrected chi connectivity index (χ2v) is 8.81. The number of rotatable bonds is 7. The van der Waals surface area contributed by atoms with Crippen molar-refractivity contribution in [3.05, 3.63) is 48.0 Å². The Bertz CT molecular complexity index is 1000. The van der Waals surface area contributed by atoms with Gasteiger partial charge in [-0.05, 0) is 38.1 Å². The first-order chi connectivity index (χ1) is 14.8. The summed E-state index contributed by atoms with van der Waals surface area (Å²) in [7, 11) is -0.754. The molecule has 0 radical (unpaired) electrons. The number of sulfonamides is 1. The molecule has 0 saturated heterocycles. The van der Waals surface area contributed by atoms with Gasteiger partial charge in [0.05, 0.1) is 30.2 Å². The predicted octanol–water partition coefficient (Wildman–Crippen LogP) is 4.15. The van der Waals surface area contributed by atoms with Crippen LogP contribution in [-0.4, -0.2) is 47.2 Å². The molecule has 3 N–H and O–H groups in total. The first kappa shape index (κ1) is 26.4. The molecule has 3 aromatic rings. The monoisotopic (exact) mass is 469 g/mol. The standard InChI is InChI=1S/C10H16N2O3S.C8H9N3OS.C2H6/c1-4-11-8-6-5-7-9(10(8)13)16(14,15)12(2)3;1-6-2-3-7(12-6)4-9-8-5-10-13-11-8;1-2/h5-7,11,13H,4H2,1-3H3;2-3,5H,4H2,1H3,(H,9,11);1-2H3. The molecule has 3 rings (SSSR count). The lowest BCUT2D eigenvalue weighted by molar-refractivity contribution is 0.454. The van der Waals surface area contributed by atoms with Crippen molar-refractivity contribution in [1.82, 2.24) is 13.1 Å². The van der Waals surface area contributed by atoms with Crippen LogP contribution in [-0.2, 0) is 16.6 Å². The van der Waals surface area contributed by atoms with E-state index in [4.69, 9.17) is 4.42 Å². The van der Waals surface area contributed by atoms with Crippen LogP contribution >= 0.6 is 11.7 Å². The van der Waals surface area contributed by atoms with E-state index in [0.717, 1.165) is 21.6 Å². The number of hydrogen-bond donors (Lipinski definition) is 3. The lowest BCUT2D eigenvalue weighted by Crippen LogP contribution is -2.22. The van der Waals surface area contributed by atoms with Crippen molar-refractivity contribution in [2.24, 2.45) is 0 Å². The van der Waals surface area contributed by atoms with Crippen molar-refractivity contribution in [3.63, 3.8) is 0 Å². The first-order valence-corrected chi connectivity index (χ1v) is 12.0. The summed E-state index contributed by atoms with van der Waals surface area (Å²) in [6, 6.07) is 8.49. The zero-order valence-electron chi connectivity index (χ0n) is 18.7. The molecular weight excluding hydrogens is 438 g/mol. The number of hydrogen-bond acceptors (Lipinski definition) is 9. The molecule has 0 aliphatic carbocycles. The molecule has 1 aromatic carbocycles. The van der Waals surface area contributed by atoms with Crippen LogP contribution in [0.1, 0.15) is 32.3 Å². The van der Waals surface area contributed by atoms with Gasteiger partial charge in [0.15, 0.2) is 11.6 Å². The highest BCUT2D eigenvalue weighted by Crippen LogP contribution is 2.31. The van der Waals surface area contributed by atoms with E-state index in [1.165, 1.54) is 31.9 Å². The Balaban J connectivity index is 0.000000291. The molecule has 0 amide bonds. The van der Waals surface area contributed by atoms with Crippen LogP contribution in [0.3, 0.4) is 0 Å². The number of aromatic hydroxyl groups is 1. The van der Waals surface area contributed by atoms with Gasteiger partial charge in [-0.1, -0.05) is 19.9 Å². The van der Waals surface area contributed by atoms with Crippen LogP contribution in [0, 0.1) is 6.92 Å². The fourth-order valence-electron chi connectivity index (χ4n) is 2.26. The van der Waals surface area contributed by atoms with Crippen molar-refractivity contribution >= 4 is 33.3 Å². The Labute approximate surface area is 188 Å². The lowest BCUT2D eigenvalue weighted by Gasteiger charge is -2.14. The average molecular weight is 470 g/mol. The fourth-order valence-corrected chi connectivity index (χ4v) is 3.65. The van der Waals surface area contributed by atoms with Crippen LogP contribution in [0.15, 0.2) is 45.8 Å². The number of para-hydroxylation sites is 1. The number of aromatic nitrogens is 2. The second kappa shape index (κ2) is 12.9. The Kier molecular flexibility index (Phi) is 11.0. The number of phenolic OH excluding ortho intramolecular Hbond substituents is 1. The van der Waals surface area contributed by atoms with Crippen LogP contribution in [0.25, 0.3) is 0 Å². The number of nitrogens with one attached hydrogen (secondary N) is 2. The Morgan fingerprint density at radius 2 is 1.87 bits per heavy atom.